The highest BCUT2D eigenvalue weighted by Crippen LogP contribution is 2.31. The van der Waals surface area contributed by atoms with Gasteiger partial charge >= 0.3 is 0 Å². The number of hydrogen-bond acceptors (Lipinski definition) is 9. The molecule has 2 amide bonds. The molecule has 4 aromatic rings. The van der Waals surface area contributed by atoms with Crippen molar-refractivity contribution in [3.63, 3.8) is 0 Å². The molecule has 0 aliphatic heterocycles. The Morgan fingerprint density at radius 1 is 1.10 bits per heavy atom. The highest BCUT2D eigenvalue weighted by molar-refractivity contribution is 5.88. The topological polar surface area (TPSA) is 138 Å². The third-order valence-electron chi connectivity index (χ3n) is 5.69. The second-order valence-corrected chi connectivity index (χ2v) is 9.90. The molecular formula is C27H32N6O6. The molecule has 39 heavy (non-hydrogen) atoms. The Morgan fingerprint density at radius 3 is 2.49 bits per heavy atom. The van der Waals surface area contributed by atoms with E-state index in [2.05, 4.69) is 20.7 Å². The summed E-state index contributed by atoms with van der Waals surface area (Å²) in [5.41, 5.74) is 0.0882. The van der Waals surface area contributed by atoms with Crippen LogP contribution < -0.4 is 14.8 Å². The Balaban J connectivity index is 1.64. The van der Waals surface area contributed by atoms with Gasteiger partial charge < -0.3 is 28.5 Å². The SMILES string of the molecule is COc1ccc(-c2nnn(CC(=O)N(Cc3ccco3)C(C(=O)NC(C)(C)C)c3ccc(C)o3)n2)cc1OC. The van der Waals surface area contributed by atoms with Crippen LogP contribution in [0.3, 0.4) is 0 Å². The van der Waals surface area contributed by atoms with E-state index in [0.717, 1.165) is 0 Å². The van der Waals surface area contributed by atoms with Gasteiger partial charge in [0.1, 0.15) is 23.8 Å². The van der Waals surface area contributed by atoms with Crippen molar-refractivity contribution in [3.05, 3.63) is 66.0 Å². The summed E-state index contributed by atoms with van der Waals surface area (Å²) in [6.45, 7) is 7.11. The molecule has 0 spiro atoms. The molecule has 12 nitrogen and oxygen atoms in total. The lowest BCUT2D eigenvalue weighted by Gasteiger charge is -2.31. The molecule has 1 atom stereocenters. The number of tetrazole rings is 1. The molecular weight excluding hydrogens is 504 g/mol. The maximum Gasteiger partial charge on any atom is 0.251 e. The second kappa shape index (κ2) is 11.4. The summed E-state index contributed by atoms with van der Waals surface area (Å²) in [5, 5.41) is 15.5. The van der Waals surface area contributed by atoms with Crippen molar-refractivity contribution in [2.24, 2.45) is 0 Å². The third-order valence-corrected chi connectivity index (χ3v) is 5.69. The zero-order chi connectivity index (χ0) is 28.2. The zero-order valence-corrected chi connectivity index (χ0v) is 22.8. The van der Waals surface area contributed by atoms with E-state index in [1.165, 1.54) is 23.1 Å². The monoisotopic (exact) mass is 536 g/mol. The minimum absolute atomic E-state index is 0.0189. The van der Waals surface area contributed by atoms with Gasteiger partial charge in [-0.25, -0.2) is 0 Å². The number of carbonyl (C=O) groups is 2. The molecule has 12 heteroatoms. The van der Waals surface area contributed by atoms with Crippen molar-refractivity contribution in [1.29, 1.82) is 0 Å². The van der Waals surface area contributed by atoms with Crippen LogP contribution in [0.4, 0.5) is 0 Å². The molecule has 206 valence electrons. The number of amides is 2. The summed E-state index contributed by atoms with van der Waals surface area (Å²) in [4.78, 5) is 29.8. The smallest absolute Gasteiger partial charge is 0.251 e. The highest BCUT2D eigenvalue weighted by atomic mass is 16.5. The van der Waals surface area contributed by atoms with E-state index in [1.54, 1.807) is 56.5 Å². The van der Waals surface area contributed by atoms with Gasteiger partial charge in [-0.15, -0.1) is 10.2 Å². The summed E-state index contributed by atoms with van der Waals surface area (Å²) in [6.07, 6.45) is 1.51. The molecule has 3 heterocycles. The average Bonchev–Trinajstić information content (AvgIpc) is 3.65. The van der Waals surface area contributed by atoms with E-state index < -0.39 is 23.4 Å². The fraction of sp³-hybridized carbons (Fsp3) is 0.370. The average molecular weight is 537 g/mol. The summed E-state index contributed by atoms with van der Waals surface area (Å²) < 4.78 is 22.0. The van der Waals surface area contributed by atoms with Crippen LogP contribution in [-0.2, 0) is 22.7 Å². The minimum atomic E-state index is -1.07. The van der Waals surface area contributed by atoms with Gasteiger partial charge in [-0.1, -0.05) is 0 Å². The number of hydrogen-bond donors (Lipinski definition) is 1. The summed E-state index contributed by atoms with van der Waals surface area (Å²) in [7, 11) is 3.08. The van der Waals surface area contributed by atoms with Gasteiger partial charge in [0.15, 0.2) is 17.5 Å². The predicted molar refractivity (Wildman–Crippen MR) is 140 cm³/mol. The molecule has 0 saturated carbocycles. The molecule has 4 rings (SSSR count). The van der Waals surface area contributed by atoms with Crippen molar-refractivity contribution >= 4 is 11.8 Å². The number of rotatable bonds is 10. The van der Waals surface area contributed by atoms with Crippen LogP contribution in [-0.4, -0.2) is 56.7 Å². The molecule has 1 aromatic carbocycles. The Morgan fingerprint density at radius 2 is 1.87 bits per heavy atom. The van der Waals surface area contributed by atoms with Crippen molar-refractivity contribution < 1.29 is 27.9 Å². The van der Waals surface area contributed by atoms with Gasteiger partial charge in [0.05, 0.1) is 27.0 Å². The molecule has 0 bridgehead atoms. The van der Waals surface area contributed by atoms with Crippen molar-refractivity contribution in [2.45, 2.75) is 52.4 Å². The number of carbonyl (C=O) groups excluding carboxylic acids is 2. The Kier molecular flexibility index (Phi) is 8.03. The molecule has 1 unspecified atom stereocenters. The molecule has 0 aliphatic rings. The van der Waals surface area contributed by atoms with Gasteiger partial charge in [-0.05, 0) is 75.4 Å². The van der Waals surface area contributed by atoms with E-state index in [-0.39, 0.29) is 13.1 Å². The van der Waals surface area contributed by atoms with Crippen molar-refractivity contribution in [1.82, 2.24) is 30.4 Å². The standard InChI is InChI=1S/C27H32N6O6/c1-17-9-11-21(39-17)24(26(35)28-27(2,3)4)32(15-19-8-7-13-38-19)23(34)16-33-30-25(29-31-33)18-10-12-20(36-5)22(14-18)37-6/h7-14,24H,15-16H2,1-6H3,(H,28,35). The first-order valence-corrected chi connectivity index (χ1v) is 12.3. The molecule has 0 fully saturated rings. The van der Waals surface area contributed by atoms with E-state index >= 15 is 0 Å². The van der Waals surface area contributed by atoms with Crippen LogP contribution in [0.1, 0.15) is 44.1 Å². The van der Waals surface area contributed by atoms with Crippen molar-refractivity contribution in [2.75, 3.05) is 14.2 Å². The van der Waals surface area contributed by atoms with Crippen LogP contribution in [0.5, 0.6) is 11.5 Å². The zero-order valence-electron chi connectivity index (χ0n) is 22.8. The normalized spacial score (nSPS) is 12.2. The van der Waals surface area contributed by atoms with Gasteiger partial charge in [-0.3, -0.25) is 9.59 Å². The van der Waals surface area contributed by atoms with Crippen LogP contribution in [0, 0.1) is 6.92 Å². The van der Waals surface area contributed by atoms with Gasteiger partial charge in [0.25, 0.3) is 5.91 Å². The Labute approximate surface area is 225 Å². The quantitative estimate of drug-likeness (QED) is 0.322. The molecule has 0 radical (unpaired) electrons. The first-order chi connectivity index (χ1) is 18.6. The summed E-state index contributed by atoms with van der Waals surface area (Å²) >= 11 is 0. The van der Waals surface area contributed by atoms with E-state index in [0.29, 0.717) is 40.2 Å². The fourth-order valence-electron chi connectivity index (χ4n) is 3.97. The minimum Gasteiger partial charge on any atom is -0.493 e. The Hall–Kier alpha value is -4.61. The van der Waals surface area contributed by atoms with Crippen LogP contribution in [0.2, 0.25) is 0 Å². The Bertz CT molecular complexity index is 1420. The maximum atomic E-state index is 13.8. The molecule has 0 saturated heterocycles. The summed E-state index contributed by atoms with van der Waals surface area (Å²) in [6, 6.07) is 11.0. The first-order valence-electron chi connectivity index (χ1n) is 12.3. The first kappa shape index (κ1) is 27.4. The summed E-state index contributed by atoms with van der Waals surface area (Å²) in [5.74, 6) is 1.97. The van der Waals surface area contributed by atoms with Gasteiger partial charge in [0, 0.05) is 11.1 Å². The number of ether oxygens (including phenoxy) is 2. The lowest BCUT2D eigenvalue weighted by atomic mass is 10.1. The number of nitrogens with one attached hydrogen (secondary N) is 1. The number of aromatic nitrogens is 4. The van der Waals surface area contributed by atoms with E-state index in [9.17, 15) is 9.59 Å². The maximum absolute atomic E-state index is 13.8. The largest absolute Gasteiger partial charge is 0.493 e. The van der Waals surface area contributed by atoms with Crippen LogP contribution in [0.25, 0.3) is 11.4 Å². The van der Waals surface area contributed by atoms with E-state index in [1.807, 2.05) is 20.8 Å². The highest BCUT2D eigenvalue weighted by Gasteiger charge is 2.36. The molecule has 1 N–H and O–H groups in total. The van der Waals surface area contributed by atoms with Gasteiger partial charge in [-0.2, -0.15) is 4.80 Å². The second-order valence-electron chi connectivity index (χ2n) is 9.90. The number of aryl methyl sites for hydroxylation is 1. The van der Waals surface area contributed by atoms with Gasteiger partial charge in [0.2, 0.25) is 11.7 Å². The van der Waals surface area contributed by atoms with Crippen LogP contribution in [0.15, 0.2) is 57.6 Å². The third kappa shape index (κ3) is 6.64. The number of furan rings is 2. The van der Waals surface area contributed by atoms with Crippen LogP contribution >= 0.6 is 0 Å². The number of methoxy groups -OCH3 is 2. The fourth-order valence-corrected chi connectivity index (χ4v) is 3.97. The molecule has 0 aliphatic carbocycles. The van der Waals surface area contributed by atoms with Crippen molar-refractivity contribution in [3.8, 4) is 22.9 Å². The predicted octanol–water partition coefficient (Wildman–Crippen LogP) is 3.54. The lowest BCUT2D eigenvalue weighted by molar-refractivity contribution is -0.144. The number of nitrogens with zero attached hydrogens (tertiary/aromatic N) is 5. The van der Waals surface area contributed by atoms with E-state index in [4.69, 9.17) is 18.3 Å². The molecule has 3 aromatic heterocycles. The lowest BCUT2D eigenvalue weighted by Crippen LogP contribution is -2.49. The number of benzene rings is 1.